The van der Waals surface area contributed by atoms with Crippen molar-refractivity contribution in [1.29, 1.82) is 0 Å². The zero-order valence-corrected chi connectivity index (χ0v) is 10.7. The van der Waals surface area contributed by atoms with Crippen molar-refractivity contribution in [2.75, 3.05) is 0 Å². The Morgan fingerprint density at radius 2 is 2.19 bits per heavy atom. The van der Waals surface area contributed by atoms with Gasteiger partial charge in [-0.3, -0.25) is 4.79 Å². The van der Waals surface area contributed by atoms with E-state index in [0.717, 1.165) is 16.3 Å². The van der Waals surface area contributed by atoms with Gasteiger partial charge in [0.15, 0.2) is 6.29 Å². The van der Waals surface area contributed by atoms with Crippen molar-refractivity contribution in [3.05, 3.63) is 57.3 Å². The summed E-state index contributed by atoms with van der Waals surface area (Å²) >= 11 is 9.47. The van der Waals surface area contributed by atoms with E-state index >= 15 is 0 Å². The highest BCUT2D eigenvalue weighted by Gasteiger charge is 2.04. The van der Waals surface area contributed by atoms with Crippen LogP contribution in [0.5, 0.6) is 0 Å². The van der Waals surface area contributed by atoms with E-state index in [1.165, 1.54) is 0 Å². The normalized spacial score (nSPS) is 10.4. The number of rotatable bonds is 3. The molecule has 2 nitrogen and oxygen atoms in total. The third-order valence-electron chi connectivity index (χ3n) is 2.34. The second-order valence-electron chi connectivity index (χ2n) is 3.41. The van der Waals surface area contributed by atoms with Gasteiger partial charge in [0.05, 0.1) is 5.69 Å². The molecule has 0 aliphatic rings. The van der Waals surface area contributed by atoms with Gasteiger partial charge >= 0.3 is 0 Å². The Kier molecular flexibility index (Phi) is 3.46. The maximum absolute atomic E-state index is 10.8. The third-order valence-corrected chi connectivity index (χ3v) is 3.19. The Morgan fingerprint density at radius 1 is 1.38 bits per heavy atom. The molecule has 0 unspecified atom stereocenters. The lowest BCUT2D eigenvalue weighted by Crippen LogP contribution is -2.02. The Bertz CT molecular complexity index is 521. The highest BCUT2D eigenvalue weighted by Crippen LogP contribution is 2.22. The number of aromatic nitrogens is 1. The van der Waals surface area contributed by atoms with Crippen LogP contribution in [0.15, 0.2) is 41.0 Å². The minimum Gasteiger partial charge on any atom is -0.341 e. The van der Waals surface area contributed by atoms with Crippen molar-refractivity contribution in [2.24, 2.45) is 0 Å². The van der Waals surface area contributed by atoms with E-state index in [-0.39, 0.29) is 0 Å². The first kappa shape index (κ1) is 11.4. The first-order chi connectivity index (χ1) is 7.70. The number of hydrogen-bond donors (Lipinski definition) is 0. The molecule has 4 heteroatoms. The first-order valence-corrected chi connectivity index (χ1v) is 5.92. The molecule has 0 atom stereocenters. The van der Waals surface area contributed by atoms with Crippen LogP contribution in [0.3, 0.4) is 0 Å². The molecule has 0 saturated carbocycles. The van der Waals surface area contributed by atoms with Gasteiger partial charge in [-0.25, -0.2) is 0 Å². The molecular weight excluding hydrogens is 289 g/mol. The molecule has 0 bridgehead atoms. The predicted octanol–water partition coefficient (Wildman–Crippen LogP) is 3.76. The quantitative estimate of drug-likeness (QED) is 0.791. The Morgan fingerprint density at radius 3 is 2.88 bits per heavy atom. The van der Waals surface area contributed by atoms with Gasteiger partial charge in [-0.05, 0) is 29.8 Å². The average Bonchev–Trinajstić information content (AvgIpc) is 2.69. The fourth-order valence-electron chi connectivity index (χ4n) is 1.51. The molecule has 1 aromatic carbocycles. The van der Waals surface area contributed by atoms with Gasteiger partial charge in [0.2, 0.25) is 0 Å². The van der Waals surface area contributed by atoms with Crippen LogP contribution in [0.4, 0.5) is 0 Å². The maximum atomic E-state index is 10.8. The summed E-state index contributed by atoms with van der Waals surface area (Å²) < 4.78 is 2.81. The van der Waals surface area contributed by atoms with Crippen molar-refractivity contribution in [2.45, 2.75) is 6.54 Å². The molecule has 0 fully saturated rings. The number of nitrogens with zero attached hydrogens (tertiary/aromatic N) is 1. The number of aldehydes is 1. The summed E-state index contributed by atoms with van der Waals surface area (Å²) in [6, 6.07) is 9.35. The monoisotopic (exact) mass is 297 g/mol. The van der Waals surface area contributed by atoms with Crippen LogP contribution >= 0.6 is 27.5 Å². The van der Waals surface area contributed by atoms with Crippen LogP contribution in [0, 0.1) is 0 Å². The molecule has 16 heavy (non-hydrogen) atoms. The fraction of sp³-hybridized carbons (Fsp3) is 0.0833. The minimum atomic E-state index is 0.604. The van der Waals surface area contributed by atoms with E-state index in [2.05, 4.69) is 15.9 Å². The van der Waals surface area contributed by atoms with E-state index < -0.39 is 0 Å². The van der Waals surface area contributed by atoms with E-state index in [0.29, 0.717) is 17.3 Å². The second kappa shape index (κ2) is 4.85. The van der Waals surface area contributed by atoms with Crippen LogP contribution in [-0.2, 0) is 6.54 Å². The molecule has 0 aliphatic carbocycles. The summed E-state index contributed by atoms with van der Waals surface area (Å²) in [5, 5.41) is 0.694. The molecule has 0 aliphatic heterocycles. The number of hydrogen-bond acceptors (Lipinski definition) is 1. The van der Waals surface area contributed by atoms with E-state index in [1.807, 2.05) is 35.0 Å². The third kappa shape index (κ3) is 2.36. The summed E-state index contributed by atoms with van der Waals surface area (Å²) in [6.45, 7) is 0.604. The van der Waals surface area contributed by atoms with Crippen LogP contribution in [0.1, 0.15) is 16.1 Å². The van der Waals surface area contributed by atoms with E-state index in [4.69, 9.17) is 11.6 Å². The summed E-state index contributed by atoms with van der Waals surface area (Å²) in [7, 11) is 0. The lowest BCUT2D eigenvalue weighted by molar-refractivity contribution is 0.111. The molecule has 0 N–H and O–H groups in total. The van der Waals surface area contributed by atoms with Crippen LogP contribution < -0.4 is 0 Å². The highest BCUT2D eigenvalue weighted by atomic mass is 79.9. The molecule has 2 aromatic rings. The molecule has 0 spiro atoms. The van der Waals surface area contributed by atoms with Crippen molar-refractivity contribution in [3.8, 4) is 0 Å². The van der Waals surface area contributed by atoms with Gasteiger partial charge < -0.3 is 4.57 Å². The second-order valence-corrected chi connectivity index (χ2v) is 4.74. The highest BCUT2D eigenvalue weighted by molar-refractivity contribution is 9.10. The molecule has 0 saturated heterocycles. The number of benzene rings is 1. The fourth-order valence-corrected chi connectivity index (χ4v) is 2.24. The van der Waals surface area contributed by atoms with Gasteiger partial charge in [-0.15, -0.1) is 0 Å². The summed E-state index contributed by atoms with van der Waals surface area (Å²) in [6.07, 6.45) is 2.70. The molecule has 0 amide bonds. The smallest absolute Gasteiger partial charge is 0.166 e. The Labute approximate surface area is 107 Å². The lowest BCUT2D eigenvalue weighted by Gasteiger charge is -2.07. The molecule has 1 heterocycles. The van der Waals surface area contributed by atoms with Gasteiger partial charge in [0.25, 0.3) is 0 Å². The SMILES string of the molecule is O=Cc1cccn1Cc1ccc(Br)cc1Cl. The maximum Gasteiger partial charge on any atom is 0.166 e. The van der Waals surface area contributed by atoms with Gasteiger partial charge in [0, 0.05) is 22.2 Å². The molecule has 82 valence electrons. The van der Waals surface area contributed by atoms with Gasteiger partial charge in [-0.1, -0.05) is 33.6 Å². The largest absolute Gasteiger partial charge is 0.341 e. The molecular formula is C12H9BrClNO. The van der Waals surface area contributed by atoms with Crippen LogP contribution in [0.2, 0.25) is 5.02 Å². The Hall–Kier alpha value is -1.06. The first-order valence-electron chi connectivity index (χ1n) is 4.75. The zero-order valence-electron chi connectivity index (χ0n) is 8.36. The number of carbonyl (C=O) groups is 1. The van der Waals surface area contributed by atoms with Gasteiger partial charge in [0.1, 0.15) is 0 Å². The topological polar surface area (TPSA) is 22.0 Å². The zero-order chi connectivity index (χ0) is 11.5. The van der Waals surface area contributed by atoms with Gasteiger partial charge in [-0.2, -0.15) is 0 Å². The van der Waals surface area contributed by atoms with Crippen molar-refractivity contribution in [3.63, 3.8) is 0 Å². The summed E-state index contributed by atoms with van der Waals surface area (Å²) in [5.41, 5.74) is 1.64. The minimum absolute atomic E-state index is 0.604. The molecule has 1 aromatic heterocycles. The number of halogens is 2. The van der Waals surface area contributed by atoms with Crippen LogP contribution in [0.25, 0.3) is 0 Å². The molecule has 2 rings (SSSR count). The van der Waals surface area contributed by atoms with Crippen molar-refractivity contribution >= 4 is 33.8 Å². The van der Waals surface area contributed by atoms with Crippen molar-refractivity contribution < 1.29 is 4.79 Å². The van der Waals surface area contributed by atoms with E-state index in [9.17, 15) is 4.79 Å². The Balaban J connectivity index is 2.30. The van der Waals surface area contributed by atoms with Crippen LogP contribution in [-0.4, -0.2) is 10.9 Å². The predicted molar refractivity (Wildman–Crippen MR) is 68.1 cm³/mol. The van der Waals surface area contributed by atoms with E-state index in [1.54, 1.807) is 6.07 Å². The standard InChI is InChI=1S/C12H9BrClNO/c13-10-4-3-9(12(14)6-10)7-15-5-1-2-11(15)8-16/h1-6,8H,7H2. The number of carbonyl (C=O) groups excluding carboxylic acids is 1. The summed E-state index contributed by atoms with van der Waals surface area (Å²) in [4.78, 5) is 10.8. The lowest BCUT2D eigenvalue weighted by atomic mass is 10.2. The summed E-state index contributed by atoms with van der Waals surface area (Å²) in [5.74, 6) is 0. The average molecular weight is 299 g/mol. The van der Waals surface area contributed by atoms with Crippen molar-refractivity contribution in [1.82, 2.24) is 4.57 Å². The molecule has 0 radical (unpaired) electrons.